The molecule has 0 fully saturated rings. The fraction of sp³-hybridized carbons (Fsp3) is 0.412. The summed E-state index contributed by atoms with van der Waals surface area (Å²) >= 11 is 0. The van der Waals surface area contributed by atoms with Gasteiger partial charge in [0.1, 0.15) is 11.5 Å². The van der Waals surface area contributed by atoms with E-state index in [1.165, 1.54) is 0 Å². The van der Waals surface area contributed by atoms with Gasteiger partial charge in [-0.25, -0.2) is 0 Å². The molecule has 4 heteroatoms. The standard InChI is InChI=1S/C17H23NO3/c1-6-12-7-8-14(21-12)17(18-3)13-10-16(20-5)15(19-4)9-11(13)2/h7-10,17-18H,6H2,1-5H3. The normalized spacial score (nSPS) is 12.2. The first-order chi connectivity index (χ1) is 10.1. The van der Waals surface area contributed by atoms with E-state index in [1.807, 2.05) is 31.3 Å². The van der Waals surface area contributed by atoms with Crippen LogP contribution in [0, 0.1) is 6.92 Å². The zero-order valence-corrected chi connectivity index (χ0v) is 13.3. The second-order valence-corrected chi connectivity index (χ2v) is 4.94. The first kappa shape index (κ1) is 15.4. The molecule has 4 nitrogen and oxygen atoms in total. The van der Waals surface area contributed by atoms with Gasteiger partial charge in [-0.2, -0.15) is 0 Å². The fourth-order valence-corrected chi connectivity index (χ4v) is 2.50. The number of aryl methyl sites for hydroxylation is 2. The molecule has 2 aromatic rings. The Labute approximate surface area is 126 Å². The lowest BCUT2D eigenvalue weighted by Gasteiger charge is -2.19. The largest absolute Gasteiger partial charge is 0.493 e. The molecule has 0 aliphatic rings. The number of rotatable bonds is 6. The minimum absolute atomic E-state index is 0.00916. The highest BCUT2D eigenvalue weighted by Crippen LogP contribution is 2.35. The van der Waals surface area contributed by atoms with Gasteiger partial charge in [0.2, 0.25) is 0 Å². The van der Waals surface area contributed by atoms with E-state index in [0.717, 1.165) is 40.6 Å². The second kappa shape index (κ2) is 6.68. The number of nitrogens with one attached hydrogen (secondary N) is 1. The molecule has 1 aromatic heterocycles. The van der Waals surface area contributed by atoms with Crippen LogP contribution in [0.1, 0.15) is 35.6 Å². The molecule has 0 aliphatic carbocycles. The summed E-state index contributed by atoms with van der Waals surface area (Å²) in [5.41, 5.74) is 2.24. The van der Waals surface area contributed by atoms with Crippen LogP contribution in [0.25, 0.3) is 0 Å². The fourth-order valence-electron chi connectivity index (χ4n) is 2.50. The predicted octanol–water partition coefficient (Wildman–Crippen LogP) is 3.48. The topological polar surface area (TPSA) is 43.6 Å². The third kappa shape index (κ3) is 3.05. The van der Waals surface area contributed by atoms with E-state index in [2.05, 4.69) is 19.2 Å². The summed E-state index contributed by atoms with van der Waals surface area (Å²) in [4.78, 5) is 0. The van der Waals surface area contributed by atoms with Crippen molar-refractivity contribution < 1.29 is 13.9 Å². The van der Waals surface area contributed by atoms with E-state index in [0.29, 0.717) is 0 Å². The van der Waals surface area contributed by atoms with E-state index in [4.69, 9.17) is 13.9 Å². The smallest absolute Gasteiger partial charge is 0.161 e. The van der Waals surface area contributed by atoms with Crippen molar-refractivity contribution >= 4 is 0 Å². The minimum Gasteiger partial charge on any atom is -0.493 e. The van der Waals surface area contributed by atoms with Crippen LogP contribution >= 0.6 is 0 Å². The van der Waals surface area contributed by atoms with Crippen molar-refractivity contribution in [2.45, 2.75) is 26.3 Å². The molecule has 1 heterocycles. The molecule has 21 heavy (non-hydrogen) atoms. The monoisotopic (exact) mass is 289 g/mol. The average Bonchev–Trinajstić information content (AvgIpc) is 2.98. The minimum atomic E-state index is -0.00916. The van der Waals surface area contributed by atoms with E-state index >= 15 is 0 Å². The molecular weight excluding hydrogens is 266 g/mol. The Balaban J connectivity index is 2.46. The molecule has 0 amide bonds. The van der Waals surface area contributed by atoms with Crippen LogP contribution in [0.3, 0.4) is 0 Å². The Bertz CT molecular complexity index is 604. The van der Waals surface area contributed by atoms with Crippen molar-refractivity contribution in [1.29, 1.82) is 0 Å². The molecule has 114 valence electrons. The first-order valence-corrected chi connectivity index (χ1v) is 7.13. The molecule has 1 N–H and O–H groups in total. The van der Waals surface area contributed by atoms with Gasteiger partial charge in [0.15, 0.2) is 11.5 Å². The van der Waals surface area contributed by atoms with Crippen molar-refractivity contribution in [2.75, 3.05) is 21.3 Å². The highest BCUT2D eigenvalue weighted by atomic mass is 16.5. The van der Waals surface area contributed by atoms with Crippen LogP contribution in [-0.4, -0.2) is 21.3 Å². The highest BCUT2D eigenvalue weighted by molar-refractivity contribution is 5.49. The van der Waals surface area contributed by atoms with E-state index in [-0.39, 0.29) is 6.04 Å². The highest BCUT2D eigenvalue weighted by Gasteiger charge is 2.20. The summed E-state index contributed by atoms with van der Waals surface area (Å²) in [5.74, 6) is 3.36. The lowest BCUT2D eigenvalue weighted by molar-refractivity contribution is 0.353. The third-order valence-electron chi connectivity index (χ3n) is 3.69. The zero-order valence-electron chi connectivity index (χ0n) is 13.3. The molecule has 1 aromatic carbocycles. The lowest BCUT2D eigenvalue weighted by Crippen LogP contribution is -2.18. The van der Waals surface area contributed by atoms with Crippen molar-refractivity contribution in [3.63, 3.8) is 0 Å². The van der Waals surface area contributed by atoms with Crippen LogP contribution in [-0.2, 0) is 6.42 Å². The predicted molar refractivity (Wildman–Crippen MR) is 83.3 cm³/mol. The van der Waals surface area contributed by atoms with Gasteiger partial charge in [0, 0.05) is 6.42 Å². The van der Waals surface area contributed by atoms with Crippen LogP contribution in [0.2, 0.25) is 0 Å². The van der Waals surface area contributed by atoms with Gasteiger partial charge < -0.3 is 19.2 Å². The lowest BCUT2D eigenvalue weighted by atomic mass is 9.98. The van der Waals surface area contributed by atoms with Crippen LogP contribution < -0.4 is 14.8 Å². The van der Waals surface area contributed by atoms with Crippen molar-refractivity contribution in [1.82, 2.24) is 5.32 Å². The molecule has 0 saturated carbocycles. The second-order valence-electron chi connectivity index (χ2n) is 4.94. The van der Waals surface area contributed by atoms with Crippen LogP contribution in [0.15, 0.2) is 28.7 Å². The van der Waals surface area contributed by atoms with E-state index in [9.17, 15) is 0 Å². The molecule has 0 radical (unpaired) electrons. The maximum absolute atomic E-state index is 5.89. The molecule has 1 unspecified atom stereocenters. The summed E-state index contributed by atoms with van der Waals surface area (Å²) in [6.45, 7) is 4.14. The zero-order chi connectivity index (χ0) is 15.4. The Hall–Kier alpha value is -1.94. The Morgan fingerprint density at radius 3 is 2.33 bits per heavy atom. The number of hydrogen-bond donors (Lipinski definition) is 1. The number of furan rings is 1. The Morgan fingerprint density at radius 2 is 1.81 bits per heavy atom. The van der Waals surface area contributed by atoms with Gasteiger partial charge in [0.25, 0.3) is 0 Å². The quantitative estimate of drug-likeness (QED) is 0.884. The van der Waals surface area contributed by atoms with Gasteiger partial charge in [0.05, 0.1) is 20.3 Å². The van der Waals surface area contributed by atoms with Gasteiger partial charge in [-0.3, -0.25) is 0 Å². The third-order valence-corrected chi connectivity index (χ3v) is 3.69. The Morgan fingerprint density at radius 1 is 1.14 bits per heavy atom. The number of ether oxygens (including phenoxy) is 2. The molecule has 0 spiro atoms. The summed E-state index contributed by atoms with van der Waals surface area (Å²) in [7, 11) is 5.22. The summed E-state index contributed by atoms with van der Waals surface area (Å²) in [6, 6.07) is 8.03. The van der Waals surface area contributed by atoms with Crippen molar-refractivity contribution in [2.24, 2.45) is 0 Å². The van der Waals surface area contributed by atoms with Gasteiger partial charge in [-0.15, -0.1) is 0 Å². The average molecular weight is 289 g/mol. The van der Waals surface area contributed by atoms with Gasteiger partial charge >= 0.3 is 0 Å². The van der Waals surface area contributed by atoms with E-state index < -0.39 is 0 Å². The molecular formula is C17H23NO3. The molecule has 0 aliphatic heterocycles. The van der Waals surface area contributed by atoms with E-state index in [1.54, 1.807) is 14.2 Å². The van der Waals surface area contributed by atoms with Gasteiger partial charge in [-0.1, -0.05) is 6.92 Å². The Kier molecular flexibility index (Phi) is 4.91. The SMILES string of the molecule is CCc1ccc(C(NC)c2cc(OC)c(OC)cc2C)o1. The summed E-state index contributed by atoms with van der Waals surface area (Å²) in [5, 5.41) is 3.31. The molecule has 1 atom stereocenters. The number of methoxy groups -OCH3 is 2. The van der Waals surface area contributed by atoms with Crippen LogP contribution in [0.5, 0.6) is 11.5 Å². The maximum atomic E-state index is 5.89. The van der Waals surface area contributed by atoms with Crippen molar-refractivity contribution in [3.05, 3.63) is 46.9 Å². The van der Waals surface area contributed by atoms with Gasteiger partial charge in [-0.05, 0) is 49.4 Å². The first-order valence-electron chi connectivity index (χ1n) is 7.13. The molecule has 2 rings (SSSR count). The molecule has 0 bridgehead atoms. The number of hydrogen-bond acceptors (Lipinski definition) is 4. The van der Waals surface area contributed by atoms with Crippen molar-refractivity contribution in [3.8, 4) is 11.5 Å². The molecule has 0 saturated heterocycles. The summed E-state index contributed by atoms with van der Waals surface area (Å²) in [6.07, 6.45) is 0.890. The number of benzene rings is 1. The summed E-state index contributed by atoms with van der Waals surface area (Å²) < 4.78 is 16.6. The van der Waals surface area contributed by atoms with Crippen LogP contribution in [0.4, 0.5) is 0 Å². The maximum Gasteiger partial charge on any atom is 0.161 e.